The quantitative estimate of drug-likeness (QED) is 0.511. The summed E-state index contributed by atoms with van der Waals surface area (Å²) in [6.07, 6.45) is 15.7. The molecule has 0 unspecified atom stereocenters. The second-order valence-electron chi connectivity index (χ2n) is 13.3. The Morgan fingerprint density at radius 2 is 1.88 bits per heavy atom. The van der Waals surface area contributed by atoms with Crippen molar-refractivity contribution in [2.75, 3.05) is 0 Å². The predicted octanol–water partition coefficient (Wildman–Crippen LogP) is 7.78. The molecule has 7 atom stereocenters. The molecule has 2 aromatic rings. The van der Waals surface area contributed by atoms with Crippen LogP contribution in [-0.2, 0) is 4.74 Å². The highest BCUT2D eigenvalue weighted by Crippen LogP contribution is 2.67. The molecule has 0 bridgehead atoms. The minimum atomic E-state index is -0.0205. The average Bonchev–Trinajstić information content (AvgIpc) is 3.36. The summed E-state index contributed by atoms with van der Waals surface area (Å²) >= 11 is 0. The van der Waals surface area contributed by atoms with Crippen LogP contribution in [-0.4, -0.2) is 21.9 Å². The van der Waals surface area contributed by atoms with Crippen molar-refractivity contribution in [1.82, 2.24) is 10.2 Å². The SMILES string of the molecule is CC(C)(C)O[C@@H]1CC[C@@]2(C)[C@@H](CC[C@@H]3[C@@H]2CC[C@]2(C)C(c4ccc5cn[nH]c5c4)=CC[C@@H]32)C1. The summed E-state index contributed by atoms with van der Waals surface area (Å²) in [6.45, 7) is 11.9. The third kappa shape index (κ3) is 3.44. The lowest BCUT2D eigenvalue weighted by atomic mass is 9.44. The van der Waals surface area contributed by atoms with Gasteiger partial charge in [0, 0.05) is 5.39 Å². The maximum absolute atomic E-state index is 6.47. The van der Waals surface area contributed by atoms with E-state index in [4.69, 9.17) is 4.74 Å². The van der Waals surface area contributed by atoms with E-state index in [0.717, 1.165) is 29.2 Å². The van der Waals surface area contributed by atoms with Gasteiger partial charge in [0.05, 0.1) is 23.4 Å². The van der Waals surface area contributed by atoms with E-state index < -0.39 is 0 Å². The Kier molecular flexibility index (Phi) is 4.94. The molecule has 1 aromatic heterocycles. The highest BCUT2D eigenvalue weighted by molar-refractivity contribution is 5.84. The Labute approximate surface area is 199 Å². The zero-order valence-electron chi connectivity index (χ0n) is 21.3. The predicted molar refractivity (Wildman–Crippen MR) is 136 cm³/mol. The number of fused-ring (bicyclic) bond motifs is 6. The Morgan fingerprint density at radius 1 is 1.03 bits per heavy atom. The van der Waals surface area contributed by atoms with Gasteiger partial charge in [-0.25, -0.2) is 0 Å². The van der Waals surface area contributed by atoms with Gasteiger partial charge in [-0.05, 0) is 124 Å². The van der Waals surface area contributed by atoms with Gasteiger partial charge in [-0.1, -0.05) is 32.1 Å². The van der Waals surface area contributed by atoms with Crippen LogP contribution in [0.4, 0.5) is 0 Å². The number of hydrogen-bond donors (Lipinski definition) is 1. The molecule has 178 valence electrons. The highest BCUT2D eigenvalue weighted by atomic mass is 16.5. The Balaban J connectivity index is 1.23. The number of H-pyrrole nitrogens is 1. The summed E-state index contributed by atoms with van der Waals surface area (Å²) in [5, 5.41) is 8.63. The van der Waals surface area contributed by atoms with E-state index in [2.05, 4.69) is 69.1 Å². The number of aromatic nitrogens is 2. The summed E-state index contributed by atoms with van der Waals surface area (Å²) in [5.41, 5.74) is 5.00. The lowest BCUT2D eigenvalue weighted by molar-refractivity contribution is -0.148. The summed E-state index contributed by atoms with van der Waals surface area (Å²) in [4.78, 5) is 0. The second kappa shape index (κ2) is 7.44. The summed E-state index contributed by atoms with van der Waals surface area (Å²) in [5.74, 6) is 3.44. The summed E-state index contributed by atoms with van der Waals surface area (Å²) < 4.78 is 6.47. The molecule has 3 nitrogen and oxygen atoms in total. The molecule has 3 saturated carbocycles. The van der Waals surface area contributed by atoms with Crippen molar-refractivity contribution in [2.24, 2.45) is 34.5 Å². The van der Waals surface area contributed by atoms with E-state index in [1.807, 2.05) is 6.20 Å². The zero-order valence-corrected chi connectivity index (χ0v) is 21.3. The Morgan fingerprint density at radius 3 is 2.70 bits per heavy atom. The first kappa shape index (κ1) is 21.9. The van der Waals surface area contributed by atoms with Gasteiger partial charge in [-0.3, -0.25) is 5.10 Å². The monoisotopic (exact) mass is 446 g/mol. The fraction of sp³-hybridized carbons (Fsp3) is 0.700. The van der Waals surface area contributed by atoms with Gasteiger partial charge in [0.2, 0.25) is 0 Å². The number of allylic oxidation sites excluding steroid dienone is 2. The molecule has 4 aliphatic rings. The van der Waals surface area contributed by atoms with E-state index in [1.165, 1.54) is 62.3 Å². The van der Waals surface area contributed by atoms with E-state index in [1.54, 1.807) is 5.57 Å². The maximum atomic E-state index is 6.47. The third-order valence-corrected chi connectivity index (χ3v) is 10.5. The first-order valence-corrected chi connectivity index (χ1v) is 13.5. The number of hydrogen-bond acceptors (Lipinski definition) is 2. The van der Waals surface area contributed by atoms with Crippen molar-refractivity contribution < 1.29 is 4.74 Å². The van der Waals surface area contributed by atoms with E-state index in [-0.39, 0.29) is 5.60 Å². The lowest BCUT2D eigenvalue weighted by Gasteiger charge is -2.61. The van der Waals surface area contributed by atoms with E-state index in [9.17, 15) is 0 Å². The largest absolute Gasteiger partial charge is 0.373 e. The molecule has 0 saturated heterocycles. The molecule has 1 heterocycles. The van der Waals surface area contributed by atoms with Crippen LogP contribution < -0.4 is 0 Å². The number of aromatic amines is 1. The number of nitrogens with one attached hydrogen (secondary N) is 1. The molecule has 33 heavy (non-hydrogen) atoms. The zero-order chi connectivity index (χ0) is 23.0. The molecule has 3 heteroatoms. The normalized spacial score (nSPS) is 40.8. The van der Waals surface area contributed by atoms with Crippen molar-refractivity contribution in [2.45, 2.75) is 97.7 Å². The smallest absolute Gasteiger partial charge is 0.0656 e. The average molecular weight is 447 g/mol. The van der Waals surface area contributed by atoms with E-state index in [0.29, 0.717) is 16.9 Å². The lowest BCUT2D eigenvalue weighted by Crippen LogP contribution is -2.54. The molecule has 4 aliphatic carbocycles. The standard InChI is InChI=1S/C30H42N2O/c1-28(2,3)33-22-12-14-29(4)21(17-22)8-9-23-25-11-10-24(30(25,5)15-13-26(23)29)19-6-7-20-18-31-32-27(20)16-19/h6-7,10,16,18,21-23,25-26H,8-9,11-15,17H2,1-5H3,(H,31,32)/t21-,22+,23-,25-,26-,29-,30+/m0/s1. The van der Waals surface area contributed by atoms with Crippen LogP contribution in [0.2, 0.25) is 0 Å². The molecule has 3 fully saturated rings. The second-order valence-corrected chi connectivity index (χ2v) is 13.3. The van der Waals surface area contributed by atoms with Crippen LogP contribution in [0.5, 0.6) is 0 Å². The molecule has 0 aliphatic heterocycles. The van der Waals surface area contributed by atoms with Gasteiger partial charge >= 0.3 is 0 Å². The number of nitrogens with zero attached hydrogens (tertiary/aromatic N) is 1. The molecule has 0 radical (unpaired) electrons. The topological polar surface area (TPSA) is 37.9 Å². The van der Waals surface area contributed by atoms with Crippen LogP contribution in [0.1, 0.15) is 91.5 Å². The van der Waals surface area contributed by atoms with Crippen molar-refractivity contribution >= 4 is 16.5 Å². The van der Waals surface area contributed by atoms with E-state index >= 15 is 0 Å². The van der Waals surface area contributed by atoms with Crippen LogP contribution in [0.25, 0.3) is 16.5 Å². The Bertz CT molecular complexity index is 1080. The van der Waals surface area contributed by atoms with Crippen LogP contribution in [0.3, 0.4) is 0 Å². The molecule has 6 rings (SSSR count). The van der Waals surface area contributed by atoms with Crippen LogP contribution in [0, 0.1) is 34.5 Å². The van der Waals surface area contributed by atoms with Gasteiger partial charge in [-0.15, -0.1) is 0 Å². The maximum Gasteiger partial charge on any atom is 0.0656 e. The van der Waals surface area contributed by atoms with Crippen LogP contribution in [0.15, 0.2) is 30.5 Å². The molecule has 1 N–H and O–H groups in total. The fourth-order valence-corrected chi connectivity index (χ4v) is 8.95. The van der Waals surface area contributed by atoms with Gasteiger partial charge in [0.25, 0.3) is 0 Å². The summed E-state index contributed by atoms with van der Waals surface area (Å²) in [7, 11) is 0. The van der Waals surface area contributed by atoms with Crippen molar-refractivity contribution in [3.63, 3.8) is 0 Å². The van der Waals surface area contributed by atoms with Gasteiger partial charge in [0.1, 0.15) is 0 Å². The molecule has 0 amide bonds. The first-order valence-electron chi connectivity index (χ1n) is 13.5. The first-order chi connectivity index (χ1) is 15.7. The molecule has 0 spiro atoms. The fourth-order valence-electron chi connectivity index (χ4n) is 8.95. The van der Waals surface area contributed by atoms with Gasteiger partial charge < -0.3 is 4.74 Å². The molecular weight excluding hydrogens is 404 g/mol. The van der Waals surface area contributed by atoms with Crippen molar-refractivity contribution in [3.8, 4) is 0 Å². The third-order valence-electron chi connectivity index (χ3n) is 10.5. The number of rotatable bonds is 2. The van der Waals surface area contributed by atoms with Gasteiger partial charge in [0.15, 0.2) is 0 Å². The van der Waals surface area contributed by atoms with Crippen molar-refractivity contribution in [1.29, 1.82) is 0 Å². The minimum absolute atomic E-state index is 0.0205. The van der Waals surface area contributed by atoms with Crippen LogP contribution >= 0.6 is 0 Å². The molecule has 1 aromatic carbocycles. The minimum Gasteiger partial charge on any atom is -0.373 e. The number of benzene rings is 1. The highest BCUT2D eigenvalue weighted by Gasteiger charge is 2.58. The van der Waals surface area contributed by atoms with Crippen molar-refractivity contribution in [3.05, 3.63) is 36.0 Å². The Hall–Kier alpha value is -1.61. The number of ether oxygens (including phenoxy) is 1. The molecular formula is C30H42N2O. The summed E-state index contributed by atoms with van der Waals surface area (Å²) in [6, 6.07) is 6.91. The van der Waals surface area contributed by atoms with Gasteiger partial charge in [-0.2, -0.15) is 5.10 Å².